The first-order valence-electron chi connectivity index (χ1n) is 7.55. The van der Waals surface area contributed by atoms with Crippen molar-refractivity contribution in [2.24, 2.45) is 0 Å². The molecule has 0 aliphatic rings. The molecule has 0 spiro atoms. The molecule has 2 aromatic carbocycles. The Kier molecular flexibility index (Phi) is 4.81. The molecule has 24 heavy (non-hydrogen) atoms. The van der Waals surface area contributed by atoms with Crippen LogP contribution in [0.15, 0.2) is 59.1 Å². The summed E-state index contributed by atoms with van der Waals surface area (Å²) < 4.78 is 7.68. The van der Waals surface area contributed by atoms with Crippen molar-refractivity contribution in [2.45, 2.75) is 13.5 Å². The molecule has 1 heterocycles. The second-order valence-electron chi connectivity index (χ2n) is 5.51. The quantitative estimate of drug-likeness (QED) is 0.623. The number of nitrogens with zero attached hydrogens (tertiary/aromatic N) is 2. The Labute approximate surface area is 149 Å². The van der Waals surface area contributed by atoms with Gasteiger partial charge in [0, 0.05) is 10.0 Å². The van der Waals surface area contributed by atoms with E-state index in [-0.39, 0.29) is 0 Å². The van der Waals surface area contributed by atoms with Crippen molar-refractivity contribution in [3.63, 3.8) is 0 Å². The summed E-state index contributed by atoms with van der Waals surface area (Å²) in [7, 11) is 1.36. The van der Waals surface area contributed by atoms with E-state index in [0.717, 1.165) is 26.9 Å². The third-order valence-electron chi connectivity index (χ3n) is 3.81. The summed E-state index contributed by atoms with van der Waals surface area (Å²) in [5, 5.41) is 4.45. The van der Waals surface area contributed by atoms with E-state index in [9.17, 15) is 4.79 Å². The van der Waals surface area contributed by atoms with Gasteiger partial charge in [0.1, 0.15) is 0 Å². The molecule has 122 valence electrons. The van der Waals surface area contributed by atoms with Gasteiger partial charge < -0.3 is 4.74 Å². The van der Waals surface area contributed by atoms with Gasteiger partial charge in [0.05, 0.1) is 19.3 Å². The zero-order valence-corrected chi connectivity index (χ0v) is 15.1. The lowest BCUT2D eigenvalue weighted by atomic mass is 10.1. The summed E-state index contributed by atoms with van der Waals surface area (Å²) in [5.41, 5.74) is 4.47. The molecular formula is C19H17BrN2O2. The highest BCUT2D eigenvalue weighted by Crippen LogP contribution is 2.27. The van der Waals surface area contributed by atoms with Crippen molar-refractivity contribution in [1.29, 1.82) is 0 Å². The number of aromatic nitrogens is 2. The SMILES string of the molecule is COC(=O)c1cc(-c2ccc(Br)cc2C)n(Cc2ccccc2)n1. The highest BCUT2D eigenvalue weighted by Gasteiger charge is 2.17. The third-order valence-corrected chi connectivity index (χ3v) is 4.31. The van der Waals surface area contributed by atoms with Gasteiger partial charge >= 0.3 is 5.97 Å². The van der Waals surface area contributed by atoms with Gasteiger partial charge in [0.15, 0.2) is 5.69 Å². The van der Waals surface area contributed by atoms with E-state index in [1.54, 1.807) is 6.07 Å². The van der Waals surface area contributed by atoms with Crippen molar-refractivity contribution in [2.75, 3.05) is 7.11 Å². The maximum atomic E-state index is 11.9. The fourth-order valence-electron chi connectivity index (χ4n) is 2.63. The van der Waals surface area contributed by atoms with E-state index in [1.807, 2.05) is 60.1 Å². The molecule has 0 fully saturated rings. The van der Waals surface area contributed by atoms with Gasteiger partial charge in [-0.1, -0.05) is 52.3 Å². The summed E-state index contributed by atoms with van der Waals surface area (Å²) in [6.07, 6.45) is 0. The Hall–Kier alpha value is -2.40. The zero-order chi connectivity index (χ0) is 17.1. The topological polar surface area (TPSA) is 44.1 Å². The van der Waals surface area contributed by atoms with Crippen LogP contribution in [0.25, 0.3) is 11.3 Å². The minimum Gasteiger partial charge on any atom is -0.464 e. The first kappa shape index (κ1) is 16.5. The van der Waals surface area contributed by atoms with Gasteiger partial charge in [0.25, 0.3) is 0 Å². The number of ether oxygens (including phenoxy) is 1. The molecule has 0 atom stereocenters. The first-order chi connectivity index (χ1) is 11.6. The largest absolute Gasteiger partial charge is 0.464 e. The minimum absolute atomic E-state index is 0.311. The molecule has 0 bridgehead atoms. The average molecular weight is 385 g/mol. The van der Waals surface area contributed by atoms with Crippen molar-refractivity contribution < 1.29 is 9.53 Å². The van der Waals surface area contributed by atoms with Crippen LogP contribution >= 0.6 is 15.9 Å². The summed E-state index contributed by atoms with van der Waals surface area (Å²) in [6.45, 7) is 2.63. The Morgan fingerprint density at radius 2 is 1.92 bits per heavy atom. The summed E-state index contributed by atoms with van der Waals surface area (Å²) in [5.74, 6) is -0.433. The Bertz CT molecular complexity index is 872. The van der Waals surface area contributed by atoms with Crippen molar-refractivity contribution in [3.8, 4) is 11.3 Å². The monoisotopic (exact) mass is 384 g/mol. The average Bonchev–Trinajstić information content (AvgIpc) is 2.98. The fourth-order valence-corrected chi connectivity index (χ4v) is 3.10. The number of benzene rings is 2. The molecular weight excluding hydrogens is 368 g/mol. The molecule has 0 amide bonds. The van der Waals surface area contributed by atoms with E-state index in [0.29, 0.717) is 12.2 Å². The van der Waals surface area contributed by atoms with Crippen LogP contribution in [0.5, 0.6) is 0 Å². The fraction of sp³-hybridized carbons (Fsp3) is 0.158. The Morgan fingerprint density at radius 1 is 1.17 bits per heavy atom. The highest BCUT2D eigenvalue weighted by atomic mass is 79.9. The smallest absolute Gasteiger partial charge is 0.358 e. The second kappa shape index (κ2) is 7.01. The molecule has 1 aromatic heterocycles. The molecule has 0 unspecified atom stereocenters. The molecule has 5 heteroatoms. The molecule has 4 nitrogen and oxygen atoms in total. The lowest BCUT2D eigenvalue weighted by molar-refractivity contribution is 0.0593. The van der Waals surface area contributed by atoms with Crippen molar-refractivity contribution in [3.05, 3.63) is 75.9 Å². The molecule has 0 saturated carbocycles. The molecule has 3 aromatic rings. The van der Waals surface area contributed by atoms with Crippen LogP contribution in [-0.2, 0) is 11.3 Å². The molecule has 0 aliphatic carbocycles. The lowest BCUT2D eigenvalue weighted by Gasteiger charge is -2.10. The predicted molar refractivity (Wildman–Crippen MR) is 97.0 cm³/mol. The standard InChI is InChI=1S/C19H17BrN2O2/c1-13-10-15(20)8-9-16(13)18-11-17(19(23)24-2)21-22(18)12-14-6-4-3-5-7-14/h3-11H,12H2,1-2H3. The number of hydrogen-bond acceptors (Lipinski definition) is 3. The zero-order valence-electron chi connectivity index (χ0n) is 13.5. The molecule has 0 saturated heterocycles. The molecule has 0 radical (unpaired) electrons. The van der Waals surface area contributed by atoms with Crippen LogP contribution in [0.3, 0.4) is 0 Å². The van der Waals surface area contributed by atoms with Crippen LogP contribution < -0.4 is 0 Å². The van der Waals surface area contributed by atoms with Crippen LogP contribution in [0.4, 0.5) is 0 Å². The Balaban J connectivity index is 2.09. The van der Waals surface area contributed by atoms with E-state index < -0.39 is 5.97 Å². The van der Waals surface area contributed by atoms with E-state index in [4.69, 9.17) is 4.74 Å². The second-order valence-corrected chi connectivity index (χ2v) is 6.42. The van der Waals surface area contributed by atoms with Gasteiger partial charge in [-0.3, -0.25) is 4.68 Å². The summed E-state index contributed by atoms with van der Waals surface area (Å²) in [6, 6.07) is 17.9. The maximum absolute atomic E-state index is 11.9. The van der Waals surface area contributed by atoms with Crippen LogP contribution in [0, 0.1) is 6.92 Å². The van der Waals surface area contributed by atoms with Gasteiger partial charge in [-0.25, -0.2) is 4.79 Å². The number of halogens is 1. The normalized spacial score (nSPS) is 10.6. The maximum Gasteiger partial charge on any atom is 0.358 e. The van der Waals surface area contributed by atoms with Gasteiger partial charge in [0.2, 0.25) is 0 Å². The molecule has 0 N–H and O–H groups in total. The van der Waals surface area contributed by atoms with Crippen LogP contribution in [0.2, 0.25) is 0 Å². The third kappa shape index (κ3) is 3.41. The van der Waals surface area contributed by atoms with Crippen LogP contribution in [0.1, 0.15) is 21.6 Å². The number of methoxy groups -OCH3 is 1. The van der Waals surface area contributed by atoms with Crippen LogP contribution in [-0.4, -0.2) is 22.9 Å². The minimum atomic E-state index is -0.433. The highest BCUT2D eigenvalue weighted by molar-refractivity contribution is 9.10. The van der Waals surface area contributed by atoms with E-state index in [1.165, 1.54) is 7.11 Å². The van der Waals surface area contributed by atoms with Gasteiger partial charge in [-0.2, -0.15) is 5.10 Å². The van der Waals surface area contributed by atoms with E-state index in [2.05, 4.69) is 21.0 Å². The van der Waals surface area contributed by atoms with Gasteiger partial charge in [-0.05, 0) is 36.2 Å². The number of aryl methyl sites for hydroxylation is 1. The first-order valence-corrected chi connectivity index (χ1v) is 8.34. The number of hydrogen-bond donors (Lipinski definition) is 0. The van der Waals surface area contributed by atoms with E-state index >= 15 is 0 Å². The lowest BCUT2D eigenvalue weighted by Crippen LogP contribution is -2.07. The summed E-state index contributed by atoms with van der Waals surface area (Å²) >= 11 is 3.48. The number of carbonyl (C=O) groups is 1. The van der Waals surface area contributed by atoms with Crippen molar-refractivity contribution in [1.82, 2.24) is 9.78 Å². The predicted octanol–water partition coefficient (Wildman–Crippen LogP) is 4.46. The molecule has 0 aliphatic heterocycles. The number of carbonyl (C=O) groups excluding carboxylic acids is 1. The molecule has 3 rings (SSSR count). The Morgan fingerprint density at radius 3 is 2.58 bits per heavy atom. The number of esters is 1. The van der Waals surface area contributed by atoms with Crippen molar-refractivity contribution >= 4 is 21.9 Å². The number of rotatable bonds is 4. The van der Waals surface area contributed by atoms with Gasteiger partial charge in [-0.15, -0.1) is 0 Å². The summed E-state index contributed by atoms with van der Waals surface area (Å²) in [4.78, 5) is 11.9.